The van der Waals surface area contributed by atoms with Gasteiger partial charge in [-0.2, -0.15) is 0 Å². The highest BCUT2D eigenvalue weighted by molar-refractivity contribution is 5.71. The van der Waals surface area contributed by atoms with E-state index in [0.717, 1.165) is 44.6 Å². The third-order valence-electron chi connectivity index (χ3n) is 5.41. The van der Waals surface area contributed by atoms with Crippen molar-refractivity contribution in [3.8, 4) is 5.75 Å². The molecule has 3 heterocycles. The van der Waals surface area contributed by atoms with Gasteiger partial charge in [0.25, 0.3) is 0 Å². The Morgan fingerprint density at radius 3 is 3.10 bits per heavy atom. The first-order valence-electron chi connectivity index (χ1n) is 7.95. The zero-order valence-corrected chi connectivity index (χ0v) is 12.1. The number of rotatable bonds is 4. The van der Waals surface area contributed by atoms with Crippen LogP contribution in [0.15, 0.2) is 18.2 Å². The zero-order valence-electron chi connectivity index (χ0n) is 12.1. The van der Waals surface area contributed by atoms with Gasteiger partial charge in [-0.3, -0.25) is 9.69 Å². The molecule has 3 aliphatic heterocycles. The molecule has 1 aromatic carbocycles. The van der Waals surface area contributed by atoms with Crippen molar-refractivity contribution in [2.45, 2.75) is 44.2 Å². The van der Waals surface area contributed by atoms with Crippen LogP contribution in [0, 0.1) is 5.92 Å². The molecule has 4 heteroatoms. The molecule has 0 saturated carbocycles. The maximum Gasteiger partial charge on any atom is 0.308 e. The van der Waals surface area contributed by atoms with Crippen molar-refractivity contribution in [3.63, 3.8) is 0 Å². The summed E-state index contributed by atoms with van der Waals surface area (Å²) in [7, 11) is 0. The molecule has 2 fully saturated rings. The normalized spacial score (nSPS) is 30.4. The molecule has 0 aromatic heterocycles. The molecule has 0 amide bonds. The van der Waals surface area contributed by atoms with E-state index in [9.17, 15) is 9.90 Å². The summed E-state index contributed by atoms with van der Waals surface area (Å²) in [5.74, 6) is 0.282. The van der Waals surface area contributed by atoms with Crippen LogP contribution in [0.25, 0.3) is 0 Å². The lowest BCUT2D eigenvalue weighted by molar-refractivity contribution is -0.142. The summed E-state index contributed by atoms with van der Waals surface area (Å²) < 4.78 is 5.54. The van der Waals surface area contributed by atoms with Crippen LogP contribution in [0.1, 0.15) is 30.4 Å². The van der Waals surface area contributed by atoms with Gasteiger partial charge >= 0.3 is 5.97 Å². The van der Waals surface area contributed by atoms with Crippen molar-refractivity contribution < 1.29 is 14.6 Å². The second-order valence-electron chi connectivity index (χ2n) is 6.51. The molecule has 21 heavy (non-hydrogen) atoms. The van der Waals surface area contributed by atoms with E-state index in [-0.39, 0.29) is 12.0 Å². The fourth-order valence-corrected chi connectivity index (χ4v) is 4.37. The average Bonchev–Trinajstić information content (AvgIpc) is 3.18. The van der Waals surface area contributed by atoms with Crippen molar-refractivity contribution >= 4 is 5.97 Å². The lowest BCUT2D eigenvalue weighted by atomic mass is 9.89. The van der Waals surface area contributed by atoms with Gasteiger partial charge in [0.1, 0.15) is 5.75 Å². The minimum atomic E-state index is -0.609. The van der Waals surface area contributed by atoms with E-state index >= 15 is 0 Å². The number of aliphatic carboxylic acids is 1. The second-order valence-corrected chi connectivity index (χ2v) is 6.51. The molecule has 112 valence electrons. The standard InChI is InChI=1S/C17H21NO3/c19-17(20)14-10-13-2-3-15(14)18(13)7-5-11-1-4-16-12(9-11)6-8-21-16/h1,4,9,13-15H,2-3,5-8,10H2,(H,19,20). The Bertz CT molecular complexity index is 571. The van der Waals surface area contributed by atoms with Crippen LogP contribution >= 0.6 is 0 Å². The van der Waals surface area contributed by atoms with Crippen LogP contribution in [0.2, 0.25) is 0 Å². The summed E-state index contributed by atoms with van der Waals surface area (Å²) in [5.41, 5.74) is 2.66. The second kappa shape index (κ2) is 5.02. The molecule has 3 aliphatic rings. The van der Waals surface area contributed by atoms with Gasteiger partial charge in [0.2, 0.25) is 0 Å². The molecule has 2 bridgehead atoms. The monoisotopic (exact) mass is 287 g/mol. The number of nitrogens with zero attached hydrogens (tertiary/aromatic N) is 1. The smallest absolute Gasteiger partial charge is 0.308 e. The number of carboxylic acid groups (broad SMARTS) is 1. The van der Waals surface area contributed by atoms with Crippen molar-refractivity contribution in [2.75, 3.05) is 13.2 Å². The Kier molecular flexibility index (Phi) is 3.14. The summed E-state index contributed by atoms with van der Waals surface area (Å²) in [6.07, 6.45) is 5.09. The zero-order chi connectivity index (χ0) is 14.4. The van der Waals surface area contributed by atoms with Crippen molar-refractivity contribution in [1.82, 2.24) is 4.90 Å². The Morgan fingerprint density at radius 2 is 2.29 bits per heavy atom. The summed E-state index contributed by atoms with van der Waals surface area (Å²) in [6, 6.07) is 7.25. The number of carboxylic acids is 1. The molecule has 4 rings (SSSR count). The van der Waals surface area contributed by atoms with E-state index in [2.05, 4.69) is 23.1 Å². The van der Waals surface area contributed by atoms with Gasteiger partial charge in [0, 0.05) is 25.0 Å². The highest BCUT2D eigenvalue weighted by Gasteiger charge is 2.48. The predicted molar refractivity (Wildman–Crippen MR) is 78.6 cm³/mol. The number of benzene rings is 1. The molecule has 0 radical (unpaired) electrons. The van der Waals surface area contributed by atoms with Gasteiger partial charge in [-0.15, -0.1) is 0 Å². The van der Waals surface area contributed by atoms with E-state index in [4.69, 9.17) is 4.74 Å². The Hall–Kier alpha value is -1.55. The van der Waals surface area contributed by atoms with Gasteiger partial charge in [0.05, 0.1) is 12.5 Å². The highest BCUT2D eigenvalue weighted by Crippen LogP contribution is 2.41. The van der Waals surface area contributed by atoms with E-state index in [1.165, 1.54) is 17.5 Å². The van der Waals surface area contributed by atoms with Crippen LogP contribution in [0.3, 0.4) is 0 Å². The van der Waals surface area contributed by atoms with Gasteiger partial charge in [-0.1, -0.05) is 12.1 Å². The quantitative estimate of drug-likeness (QED) is 0.921. The molecule has 2 saturated heterocycles. The highest BCUT2D eigenvalue weighted by atomic mass is 16.5. The maximum absolute atomic E-state index is 11.3. The molecular weight excluding hydrogens is 266 g/mol. The average molecular weight is 287 g/mol. The minimum absolute atomic E-state index is 0.142. The predicted octanol–water partition coefficient (Wildman–Crippen LogP) is 2.10. The molecule has 4 nitrogen and oxygen atoms in total. The third-order valence-corrected chi connectivity index (χ3v) is 5.41. The lowest BCUT2D eigenvalue weighted by Gasteiger charge is -2.22. The fourth-order valence-electron chi connectivity index (χ4n) is 4.37. The fraction of sp³-hybridized carbons (Fsp3) is 0.588. The van der Waals surface area contributed by atoms with Crippen molar-refractivity contribution in [1.29, 1.82) is 0 Å². The number of hydrogen-bond donors (Lipinski definition) is 1. The van der Waals surface area contributed by atoms with Crippen molar-refractivity contribution in [3.05, 3.63) is 29.3 Å². The van der Waals surface area contributed by atoms with E-state index in [1.54, 1.807) is 0 Å². The molecular formula is C17H21NO3. The van der Waals surface area contributed by atoms with Crippen LogP contribution in [0.4, 0.5) is 0 Å². The molecule has 0 spiro atoms. The van der Waals surface area contributed by atoms with Crippen LogP contribution in [-0.2, 0) is 17.6 Å². The number of fused-ring (bicyclic) bond motifs is 3. The van der Waals surface area contributed by atoms with Gasteiger partial charge in [-0.25, -0.2) is 0 Å². The summed E-state index contributed by atoms with van der Waals surface area (Å²) >= 11 is 0. The van der Waals surface area contributed by atoms with Crippen molar-refractivity contribution in [2.24, 2.45) is 5.92 Å². The Labute approximate surface area is 124 Å². The first kappa shape index (κ1) is 13.1. The Balaban J connectivity index is 1.42. The molecule has 1 aromatic rings. The first-order valence-corrected chi connectivity index (χ1v) is 7.95. The summed E-state index contributed by atoms with van der Waals surface area (Å²) in [4.78, 5) is 13.7. The van der Waals surface area contributed by atoms with Gasteiger partial charge in [0.15, 0.2) is 0 Å². The SMILES string of the molecule is O=C(O)C1CC2CCC1N2CCc1ccc2c(c1)CCO2. The largest absolute Gasteiger partial charge is 0.493 e. The Morgan fingerprint density at radius 1 is 1.38 bits per heavy atom. The topological polar surface area (TPSA) is 49.8 Å². The molecule has 0 aliphatic carbocycles. The molecule has 3 atom stereocenters. The third kappa shape index (κ3) is 2.22. The van der Waals surface area contributed by atoms with Crippen LogP contribution in [-0.4, -0.2) is 41.2 Å². The summed E-state index contributed by atoms with van der Waals surface area (Å²) in [5, 5.41) is 9.30. The maximum atomic E-state index is 11.3. The number of hydrogen-bond acceptors (Lipinski definition) is 3. The van der Waals surface area contributed by atoms with Gasteiger partial charge in [-0.05, 0) is 42.9 Å². The molecule has 1 N–H and O–H groups in total. The van der Waals surface area contributed by atoms with Crippen LogP contribution in [0.5, 0.6) is 5.75 Å². The lowest BCUT2D eigenvalue weighted by Crippen LogP contribution is -2.34. The number of ether oxygens (including phenoxy) is 1. The number of carbonyl (C=O) groups is 1. The van der Waals surface area contributed by atoms with Gasteiger partial charge < -0.3 is 9.84 Å². The van der Waals surface area contributed by atoms with E-state index < -0.39 is 5.97 Å². The van der Waals surface area contributed by atoms with E-state index in [1.807, 2.05) is 0 Å². The van der Waals surface area contributed by atoms with Crippen LogP contribution < -0.4 is 4.74 Å². The summed E-state index contributed by atoms with van der Waals surface area (Å²) in [6.45, 7) is 1.79. The molecule has 3 unspecified atom stereocenters. The van der Waals surface area contributed by atoms with E-state index in [0.29, 0.717) is 6.04 Å². The minimum Gasteiger partial charge on any atom is -0.493 e. The first-order chi connectivity index (χ1) is 10.2.